The van der Waals surface area contributed by atoms with E-state index in [0.29, 0.717) is 12.8 Å². The molecule has 0 saturated heterocycles. The molecule has 32 heavy (non-hydrogen) atoms. The molecule has 1 aliphatic carbocycles. The highest BCUT2D eigenvalue weighted by Crippen LogP contribution is 2.46. The van der Waals surface area contributed by atoms with Crippen LogP contribution in [0.2, 0.25) is 0 Å². The molecule has 0 aliphatic heterocycles. The van der Waals surface area contributed by atoms with Crippen molar-refractivity contribution >= 4 is 27.8 Å². The summed E-state index contributed by atoms with van der Waals surface area (Å²) in [7, 11) is 0. The van der Waals surface area contributed by atoms with E-state index in [-0.39, 0.29) is 30.5 Å². The van der Waals surface area contributed by atoms with Gasteiger partial charge in [0.1, 0.15) is 5.82 Å². The number of aromatic nitrogens is 3. The van der Waals surface area contributed by atoms with Crippen LogP contribution in [0.1, 0.15) is 62.6 Å². The molecular formula is C25H26FN3O3. The number of aliphatic hydroxyl groups is 1. The molecule has 0 radical (unpaired) electrons. The molecule has 2 heterocycles. The van der Waals surface area contributed by atoms with Crippen LogP contribution in [-0.2, 0) is 4.79 Å². The number of aromatic amines is 1. The summed E-state index contributed by atoms with van der Waals surface area (Å²) >= 11 is 0. The lowest BCUT2D eigenvalue weighted by Crippen LogP contribution is -2.41. The molecule has 2 aromatic carbocycles. The maximum Gasteiger partial charge on any atom is 0.335 e. The van der Waals surface area contributed by atoms with Gasteiger partial charge in [0, 0.05) is 22.2 Å². The monoisotopic (exact) mass is 435 g/mol. The van der Waals surface area contributed by atoms with Gasteiger partial charge in [-0.15, -0.1) is 0 Å². The molecule has 4 aromatic rings. The number of H-pyrrole nitrogens is 1. The van der Waals surface area contributed by atoms with E-state index in [0.717, 1.165) is 33.2 Å². The number of carbonyl (C=O) groups is 1. The number of fused-ring (bicyclic) bond motifs is 2. The van der Waals surface area contributed by atoms with Crippen LogP contribution in [-0.4, -0.2) is 36.5 Å². The zero-order chi connectivity index (χ0) is 22.6. The molecular weight excluding hydrogens is 409 g/mol. The molecule has 0 atom stereocenters. The standard InChI is InChI=1S/C25H26FN3O3/c1-14(2)23-22(15-7-9-25(32,10-8-15)24(30)31)19-12-20-16(13-27-28-20)11-21(19)29(23)18-5-3-17(26)4-6-18/h3-6,11-15,32H,7-10H2,1-2H3,(H,27,28)(H,30,31). The van der Waals surface area contributed by atoms with Crippen LogP contribution in [0.5, 0.6) is 0 Å². The zero-order valence-corrected chi connectivity index (χ0v) is 18.1. The number of hydrogen-bond donors (Lipinski definition) is 3. The van der Waals surface area contributed by atoms with E-state index >= 15 is 0 Å². The van der Waals surface area contributed by atoms with E-state index in [9.17, 15) is 19.4 Å². The first kappa shape index (κ1) is 20.7. The molecule has 1 fully saturated rings. The number of nitrogens with one attached hydrogen (secondary N) is 1. The fraction of sp³-hybridized carbons (Fsp3) is 0.360. The maximum atomic E-state index is 13.7. The molecule has 0 spiro atoms. The van der Waals surface area contributed by atoms with Crippen LogP contribution in [0.15, 0.2) is 42.6 Å². The summed E-state index contributed by atoms with van der Waals surface area (Å²) in [6, 6.07) is 10.7. The third-order valence-corrected chi connectivity index (χ3v) is 6.86. The summed E-state index contributed by atoms with van der Waals surface area (Å²) in [5, 5.41) is 29.2. The van der Waals surface area contributed by atoms with Crippen molar-refractivity contribution in [1.29, 1.82) is 0 Å². The lowest BCUT2D eigenvalue weighted by molar-refractivity contribution is -0.162. The van der Waals surface area contributed by atoms with Crippen molar-refractivity contribution in [3.05, 3.63) is 59.7 Å². The summed E-state index contributed by atoms with van der Waals surface area (Å²) in [4.78, 5) is 11.5. The van der Waals surface area contributed by atoms with E-state index < -0.39 is 11.6 Å². The van der Waals surface area contributed by atoms with Crippen LogP contribution >= 0.6 is 0 Å². The molecule has 5 rings (SSSR count). The van der Waals surface area contributed by atoms with Crippen molar-refractivity contribution < 1.29 is 19.4 Å². The number of benzene rings is 2. The third-order valence-electron chi connectivity index (χ3n) is 6.86. The Morgan fingerprint density at radius 1 is 1.22 bits per heavy atom. The minimum Gasteiger partial charge on any atom is -0.479 e. The Morgan fingerprint density at radius 2 is 1.91 bits per heavy atom. The summed E-state index contributed by atoms with van der Waals surface area (Å²) in [6.07, 6.45) is 3.41. The summed E-state index contributed by atoms with van der Waals surface area (Å²) in [5.74, 6) is -1.13. The topological polar surface area (TPSA) is 91.1 Å². The molecule has 1 aliphatic rings. The van der Waals surface area contributed by atoms with Gasteiger partial charge in [0.2, 0.25) is 0 Å². The van der Waals surface area contributed by atoms with Crippen LogP contribution in [0.3, 0.4) is 0 Å². The second-order valence-electron chi connectivity index (χ2n) is 9.20. The Bertz CT molecular complexity index is 1310. The third kappa shape index (κ3) is 3.19. The van der Waals surface area contributed by atoms with E-state index in [2.05, 4.69) is 40.7 Å². The summed E-state index contributed by atoms with van der Waals surface area (Å²) in [6.45, 7) is 4.28. The van der Waals surface area contributed by atoms with Gasteiger partial charge in [0.25, 0.3) is 0 Å². The number of carboxylic acid groups (broad SMARTS) is 1. The Hall–Kier alpha value is -3.19. The molecule has 0 amide bonds. The van der Waals surface area contributed by atoms with Crippen LogP contribution in [0, 0.1) is 5.82 Å². The first-order valence-corrected chi connectivity index (χ1v) is 11.0. The summed E-state index contributed by atoms with van der Waals surface area (Å²) < 4.78 is 15.9. The SMILES string of the molecule is CC(C)c1c(C2CCC(O)(C(=O)O)CC2)c2cc3[nH]ncc3cc2n1-c1ccc(F)cc1. The number of hydrogen-bond acceptors (Lipinski definition) is 3. The Morgan fingerprint density at radius 3 is 2.53 bits per heavy atom. The highest BCUT2D eigenvalue weighted by Gasteiger charge is 2.41. The average molecular weight is 435 g/mol. The quantitative estimate of drug-likeness (QED) is 0.409. The largest absolute Gasteiger partial charge is 0.479 e. The predicted octanol–water partition coefficient (Wildman–Crippen LogP) is 5.24. The second-order valence-corrected chi connectivity index (χ2v) is 9.20. The highest BCUT2D eigenvalue weighted by atomic mass is 19.1. The minimum atomic E-state index is -1.65. The second kappa shape index (κ2) is 7.45. The zero-order valence-electron chi connectivity index (χ0n) is 18.1. The van der Waals surface area contributed by atoms with Crippen molar-refractivity contribution in [2.24, 2.45) is 0 Å². The fourth-order valence-corrected chi connectivity index (χ4v) is 5.23. The Kier molecular flexibility index (Phi) is 4.82. The number of carboxylic acids is 1. The van der Waals surface area contributed by atoms with Gasteiger partial charge in [0.15, 0.2) is 5.60 Å². The van der Waals surface area contributed by atoms with Gasteiger partial charge in [-0.25, -0.2) is 9.18 Å². The highest BCUT2D eigenvalue weighted by molar-refractivity contribution is 5.99. The normalized spacial score (nSPS) is 21.6. The average Bonchev–Trinajstić information content (AvgIpc) is 3.35. The Labute approximate surface area is 184 Å². The number of aliphatic carboxylic acids is 1. The van der Waals surface area contributed by atoms with Gasteiger partial charge in [-0.05, 0) is 79.5 Å². The van der Waals surface area contributed by atoms with Crippen molar-refractivity contribution in [2.75, 3.05) is 0 Å². The van der Waals surface area contributed by atoms with E-state index in [1.807, 2.05) is 0 Å². The molecule has 2 aromatic heterocycles. The number of halogens is 1. The smallest absolute Gasteiger partial charge is 0.335 e. The lowest BCUT2D eigenvalue weighted by Gasteiger charge is -2.33. The molecule has 3 N–H and O–H groups in total. The van der Waals surface area contributed by atoms with E-state index in [1.165, 1.54) is 17.7 Å². The maximum absolute atomic E-state index is 13.7. The molecule has 1 saturated carbocycles. The lowest BCUT2D eigenvalue weighted by atomic mass is 9.74. The van der Waals surface area contributed by atoms with Gasteiger partial charge in [-0.3, -0.25) is 5.10 Å². The van der Waals surface area contributed by atoms with Gasteiger partial charge in [0.05, 0.1) is 17.2 Å². The molecule has 6 nitrogen and oxygen atoms in total. The van der Waals surface area contributed by atoms with Gasteiger partial charge < -0.3 is 14.8 Å². The van der Waals surface area contributed by atoms with Crippen LogP contribution in [0.25, 0.3) is 27.5 Å². The first-order valence-electron chi connectivity index (χ1n) is 11.0. The molecule has 0 bridgehead atoms. The summed E-state index contributed by atoms with van der Waals surface area (Å²) in [5.41, 5.74) is 3.50. The number of rotatable bonds is 4. The molecule has 0 unspecified atom stereocenters. The van der Waals surface area contributed by atoms with Gasteiger partial charge in [-0.1, -0.05) is 13.8 Å². The van der Waals surface area contributed by atoms with Crippen molar-refractivity contribution in [3.63, 3.8) is 0 Å². The molecule has 166 valence electrons. The van der Waals surface area contributed by atoms with E-state index in [1.54, 1.807) is 18.3 Å². The van der Waals surface area contributed by atoms with E-state index in [4.69, 9.17) is 0 Å². The number of nitrogens with zero attached hydrogens (tertiary/aromatic N) is 2. The van der Waals surface area contributed by atoms with Crippen molar-refractivity contribution in [2.45, 2.75) is 57.0 Å². The van der Waals surface area contributed by atoms with Gasteiger partial charge in [-0.2, -0.15) is 5.10 Å². The fourth-order valence-electron chi connectivity index (χ4n) is 5.23. The first-order chi connectivity index (χ1) is 15.3. The van der Waals surface area contributed by atoms with Crippen LogP contribution in [0.4, 0.5) is 4.39 Å². The minimum absolute atomic E-state index is 0.122. The van der Waals surface area contributed by atoms with Crippen molar-refractivity contribution in [3.8, 4) is 5.69 Å². The predicted molar refractivity (Wildman–Crippen MR) is 121 cm³/mol. The Balaban J connectivity index is 1.75. The van der Waals surface area contributed by atoms with Gasteiger partial charge >= 0.3 is 5.97 Å². The van der Waals surface area contributed by atoms with Crippen molar-refractivity contribution in [1.82, 2.24) is 14.8 Å². The molecule has 7 heteroatoms. The van der Waals surface area contributed by atoms with Crippen LogP contribution < -0.4 is 0 Å².